The summed E-state index contributed by atoms with van der Waals surface area (Å²) < 4.78 is 11.4. The van der Waals surface area contributed by atoms with Crippen molar-refractivity contribution < 1.29 is 19.1 Å². The first-order valence-corrected chi connectivity index (χ1v) is 8.16. The van der Waals surface area contributed by atoms with Gasteiger partial charge in [-0.1, -0.05) is 28.1 Å². The number of hydrazone groups is 1. The second kappa shape index (κ2) is 7.80. The Labute approximate surface area is 152 Å². The number of amides is 2. The first-order chi connectivity index (χ1) is 12.1. The maximum atomic E-state index is 12.0. The van der Waals surface area contributed by atoms with E-state index in [9.17, 15) is 9.59 Å². The van der Waals surface area contributed by atoms with Gasteiger partial charge >= 0.3 is 0 Å². The lowest BCUT2D eigenvalue weighted by atomic mass is 10.2. The second-order valence-corrected chi connectivity index (χ2v) is 6.01. The van der Waals surface area contributed by atoms with Crippen molar-refractivity contribution in [3.05, 3.63) is 58.1 Å². The highest BCUT2D eigenvalue weighted by molar-refractivity contribution is 9.10. The molecule has 0 radical (unpaired) electrons. The summed E-state index contributed by atoms with van der Waals surface area (Å²) in [5, 5.41) is 6.36. The maximum Gasteiger partial charge on any atom is 0.259 e. The molecule has 128 valence electrons. The van der Waals surface area contributed by atoms with Crippen LogP contribution in [0.15, 0.2) is 52.0 Å². The van der Waals surface area contributed by atoms with Crippen LogP contribution in [0.2, 0.25) is 0 Å². The van der Waals surface area contributed by atoms with Gasteiger partial charge in [0.15, 0.2) is 11.5 Å². The number of carbonyl (C=O) groups is 2. The molecular formula is C17H14BrN3O4. The average molecular weight is 404 g/mol. The summed E-state index contributed by atoms with van der Waals surface area (Å²) in [6, 6.07) is 12.3. The standard InChI is InChI=1S/C17H14BrN3O4/c18-13-4-1-11(2-5-13)8-20-21-16(22)9-19-17(23)12-3-6-14-15(7-12)25-10-24-14/h1-8H,9-10H2,(H,19,23)(H,21,22)/b20-8-. The van der Waals surface area contributed by atoms with E-state index in [0.29, 0.717) is 17.1 Å². The molecule has 0 saturated heterocycles. The molecule has 1 aliphatic rings. The molecule has 0 saturated carbocycles. The van der Waals surface area contributed by atoms with Crippen LogP contribution in [0.5, 0.6) is 11.5 Å². The van der Waals surface area contributed by atoms with Crippen molar-refractivity contribution in [1.29, 1.82) is 0 Å². The van der Waals surface area contributed by atoms with Crippen LogP contribution in [-0.4, -0.2) is 31.4 Å². The molecule has 2 N–H and O–H groups in total. The molecule has 0 aliphatic carbocycles. The van der Waals surface area contributed by atoms with E-state index in [1.165, 1.54) is 6.21 Å². The summed E-state index contributed by atoms with van der Waals surface area (Å²) in [5.41, 5.74) is 3.58. The van der Waals surface area contributed by atoms with Gasteiger partial charge in [-0.25, -0.2) is 5.43 Å². The Balaban J connectivity index is 1.47. The van der Waals surface area contributed by atoms with Crippen molar-refractivity contribution in [3.8, 4) is 11.5 Å². The summed E-state index contributed by atoms with van der Waals surface area (Å²) in [5.74, 6) is 0.292. The van der Waals surface area contributed by atoms with Crippen LogP contribution in [0.1, 0.15) is 15.9 Å². The number of hydrogen-bond acceptors (Lipinski definition) is 5. The average Bonchev–Trinajstić information content (AvgIpc) is 3.09. The van der Waals surface area contributed by atoms with Crippen LogP contribution in [0.25, 0.3) is 0 Å². The number of nitrogens with zero attached hydrogens (tertiary/aromatic N) is 1. The molecule has 0 atom stereocenters. The predicted octanol–water partition coefficient (Wildman–Crippen LogP) is 2.06. The quantitative estimate of drug-likeness (QED) is 0.590. The number of halogens is 1. The SMILES string of the molecule is O=C(CNC(=O)c1ccc2c(c1)OCO2)N/N=C\c1ccc(Br)cc1. The summed E-state index contributed by atoms with van der Waals surface area (Å²) in [6.45, 7) is -0.0515. The van der Waals surface area contributed by atoms with Gasteiger partial charge in [-0.05, 0) is 35.9 Å². The number of fused-ring (bicyclic) bond motifs is 1. The van der Waals surface area contributed by atoms with Crippen molar-refractivity contribution in [1.82, 2.24) is 10.7 Å². The number of rotatable bonds is 5. The molecule has 25 heavy (non-hydrogen) atoms. The fourth-order valence-electron chi connectivity index (χ4n) is 2.07. The smallest absolute Gasteiger partial charge is 0.259 e. The largest absolute Gasteiger partial charge is 0.454 e. The van der Waals surface area contributed by atoms with Crippen LogP contribution < -0.4 is 20.2 Å². The molecule has 7 nitrogen and oxygen atoms in total. The lowest BCUT2D eigenvalue weighted by molar-refractivity contribution is -0.120. The van der Waals surface area contributed by atoms with Gasteiger partial charge in [-0.15, -0.1) is 0 Å². The first-order valence-electron chi connectivity index (χ1n) is 7.37. The Morgan fingerprint density at radius 2 is 1.88 bits per heavy atom. The molecule has 1 heterocycles. The summed E-state index contributed by atoms with van der Waals surface area (Å²) in [6.07, 6.45) is 1.52. The molecule has 3 rings (SSSR count). The van der Waals surface area contributed by atoms with Crippen LogP contribution in [0.4, 0.5) is 0 Å². The fraction of sp³-hybridized carbons (Fsp3) is 0.118. The third kappa shape index (κ3) is 4.57. The molecule has 0 unspecified atom stereocenters. The number of nitrogens with one attached hydrogen (secondary N) is 2. The molecular weight excluding hydrogens is 390 g/mol. The Morgan fingerprint density at radius 1 is 1.12 bits per heavy atom. The maximum absolute atomic E-state index is 12.0. The molecule has 1 aliphatic heterocycles. The topological polar surface area (TPSA) is 89.0 Å². The Kier molecular flexibility index (Phi) is 5.30. The number of carbonyl (C=O) groups excluding carboxylic acids is 2. The van der Waals surface area contributed by atoms with Crippen LogP contribution in [0.3, 0.4) is 0 Å². The zero-order chi connectivity index (χ0) is 17.6. The summed E-state index contributed by atoms with van der Waals surface area (Å²) >= 11 is 3.34. The molecule has 0 fully saturated rings. The van der Waals surface area contributed by atoms with Gasteiger partial charge in [0.1, 0.15) is 0 Å². The van der Waals surface area contributed by atoms with Crippen molar-refractivity contribution in [2.75, 3.05) is 13.3 Å². The van der Waals surface area contributed by atoms with E-state index >= 15 is 0 Å². The Bertz CT molecular complexity index is 821. The van der Waals surface area contributed by atoms with E-state index in [1.54, 1.807) is 18.2 Å². The number of hydrogen-bond donors (Lipinski definition) is 2. The molecule has 0 spiro atoms. The van der Waals surface area contributed by atoms with Crippen LogP contribution >= 0.6 is 15.9 Å². The van der Waals surface area contributed by atoms with Gasteiger partial charge in [-0.2, -0.15) is 5.10 Å². The van der Waals surface area contributed by atoms with Crippen molar-refractivity contribution in [2.24, 2.45) is 5.10 Å². The Morgan fingerprint density at radius 3 is 2.68 bits per heavy atom. The van der Waals surface area contributed by atoms with Crippen molar-refractivity contribution in [2.45, 2.75) is 0 Å². The van der Waals surface area contributed by atoms with Crippen LogP contribution in [0, 0.1) is 0 Å². The highest BCUT2D eigenvalue weighted by atomic mass is 79.9. The highest BCUT2D eigenvalue weighted by Gasteiger charge is 2.16. The summed E-state index contributed by atoms with van der Waals surface area (Å²) in [7, 11) is 0. The van der Waals surface area contributed by atoms with Crippen molar-refractivity contribution in [3.63, 3.8) is 0 Å². The molecule has 0 bridgehead atoms. The van der Waals surface area contributed by atoms with Crippen molar-refractivity contribution >= 4 is 34.0 Å². The second-order valence-electron chi connectivity index (χ2n) is 5.10. The minimum Gasteiger partial charge on any atom is -0.454 e. The molecule has 8 heteroatoms. The van der Waals surface area contributed by atoms with Gasteiger partial charge in [0.05, 0.1) is 12.8 Å². The van der Waals surface area contributed by atoms with E-state index in [2.05, 4.69) is 31.8 Å². The molecule has 2 aromatic carbocycles. The molecule has 2 amide bonds. The minimum atomic E-state index is -0.428. The third-order valence-corrected chi connectivity index (χ3v) is 3.85. The van der Waals surface area contributed by atoms with E-state index in [-0.39, 0.29) is 19.2 Å². The first kappa shape index (κ1) is 17.0. The van der Waals surface area contributed by atoms with E-state index in [4.69, 9.17) is 9.47 Å². The lowest BCUT2D eigenvalue weighted by Crippen LogP contribution is -2.34. The minimum absolute atomic E-state index is 0.138. The van der Waals surface area contributed by atoms with E-state index in [1.807, 2.05) is 24.3 Å². The van der Waals surface area contributed by atoms with Gasteiger partial charge < -0.3 is 14.8 Å². The van der Waals surface area contributed by atoms with Gasteiger partial charge in [-0.3, -0.25) is 9.59 Å². The summed E-state index contributed by atoms with van der Waals surface area (Å²) in [4.78, 5) is 23.8. The Hall–Kier alpha value is -2.87. The zero-order valence-electron chi connectivity index (χ0n) is 13.0. The molecule has 2 aromatic rings. The fourth-order valence-corrected chi connectivity index (χ4v) is 2.33. The number of ether oxygens (including phenoxy) is 2. The highest BCUT2D eigenvalue weighted by Crippen LogP contribution is 2.32. The monoisotopic (exact) mass is 403 g/mol. The zero-order valence-corrected chi connectivity index (χ0v) is 14.6. The molecule has 0 aromatic heterocycles. The van der Waals surface area contributed by atoms with Crippen LogP contribution in [-0.2, 0) is 4.79 Å². The lowest BCUT2D eigenvalue weighted by Gasteiger charge is -2.05. The normalized spacial score (nSPS) is 12.2. The van der Waals surface area contributed by atoms with E-state index in [0.717, 1.165) is 10.0 Å². The third-order valence-electron chi connectivity index (χ3n) is 3.32. The van der Waals surface area contributed by atoms with Gasteiger partial charge in [0.2, 0.25) is 6.79 Å². The predicted molar refractivity (Wildman–Crippen MR) is 94.8 cm³/mol. The van der Waals surface area contributed by atoms with Gasteiger partial charge in [0, 0.05) is 10.0 Å². The van der Waals surface area contributed by atoms with E-state index < -0.39 is 5.91 Å². The van der Waals surface area contributed by atoms with Gasteiger partial charge in [0.25, 0.3) is 11.8 Å². The number of benzene rings is 2.